The van der Waals surface area contributed by atoms with Crippen LogP contribution >= 0.6 is 15.9 Å². The van der Waals surface area contributed by atoms with Gasteiger partial charge in [0.15, 0.2) is 5.82 Å². The van der Waals surface area contributed by atoms with E-state index in [1.54, 1.807) is 0 Å². The first-order valence-electron chi connectivity index (χ1n) is 8.43. The van der Waals surface area contributed by atoms with E-state index in [0.29, 0.717) is 13.2 Å². The van der Waals surface area contributed by atoms with Crippen molar-refractivity contribution in [3.8, 4) is 0 Å². The maximum atomic E-state index is 12.5. The molecule has 0 aliphatic carbocycles. The molecule has 1 aliphatic heterocycles. The summed E-state index contributed by atoms with van der Waals surface area (Å²) in [6.07, 6.45) is -0.199. The van der Waals surface area contributed by atoms with Gasteiger partial charge in [0.1, 0.15) is 0 Å². The Morgan fingerprint density at radius 3 is 2.50 bits per heavy atom. The lowest BCUT2D eigenvalue weighted by Gasteiger charge is -2.56. The predicted molar refractivity (Wildman–Crippen MR) is 103 cm³/mol. The van der Waals surface area contributed by atoms with Gasteiger partial charge in [0.2, 0.25) is 0 Å². The Hall–Kier alpha value is -1.02. The minimum Gasteiger partial charge on any atom is -0.450 e. The Morgan fingerprint density at radius 1 is 1.42 bits per heavy atom. The number of halogens is 1. The number of aromatic nitrogens is 2. The maximum Gasteiger partial charge on any atom is 0.409 e. The molecule has 0 saturated carbocycles. The van der Waals surface area contributed by atoms with Crippen LogP contribution in [0.25, 0.3) is 0 Å². The molecule has 0 aromatic carbocycles. The molecule has 1 amide bonds. The number of H-pyrrole nitrogens is 1. The van der Waals surface area contributed by atoms with Crippen LogP contribution in [0.1, 0.15) is 26.5 Å². The second-order valence-electron chi connectivity index (χ2n) is 7.95. The smallest absolute Gasteiger partial charge is 0.409 e. The van der Waals surface area contributed by atoms with Gasteiger partial charge in [0, 0.05) is 24.4 Å². The number of aromatic amines is 1. The van der Waals surface area contributed by atoms with Crippen LogP contribution in [0.2, 0.25) is 19.6 Å². The molecule has 1 aromatic rings. The lowest BCUT2D eigenvalue weighted by molar-refractivity contribution is 0.0782. The highest BCUT2D eigenvalue weighted by atomic mass is 79.9. The molecule has 0 spiro atoms. The molecule has 1 aromatic heterocycles. The second-order valence-corrected chi connectivity index (χ2v) is 14.0. The van der Waals surface area contributed by atoms with Gasteiger partial charge < -0.3 is 14.5 Å². The average molecular weight is 417 g/mol. The third-order valence-corrected chi connectivity index (χ3v) is 8.28. The summed E-state index contributed by atoms with van der Waals surface area (Å²) in [6.45, 7) is 17.0. The van der Waals surface area contributed by atoms with Crippen LogP contribution in [-0.2, 0) is 4.74 Å². The third kappa shape index (κ3) is 3.35. The van der Waals surface area contributed by atoms with Crippen molar-refractivity contribution in [1.82, 2.24) is 15.1 Å². The largest absolute Gasteiger partial charge is 0.450 e. The third-order valence-electron chi connectivity index (χ3n) is 4.67. The van der Waals surface area contributed by atoms with Crippen LogP contribution in [0.15, 0.2) is 4.47 Å². The van der Waals surface area contributed by atoms with Crippen LogP contribution in [0.3, 0.4) is 0 Å². The summed E-state index contributed by atoms with van der Waals surface area (Å²) in [6, 6.07) is 0. The molecular formula is C16H29BrN4O2Si. The molecule has 2 rings (SSSR count). The summed E-state index contributed by atoms with van der Waals surface area (Å²) >= 11 is 3.65. The quantitative estimate of drug-likeness (QED) is 0.761. The van der Waals surface area contributed by atoms with Crippen molar-refractivity contribution in [1.29, 1.82) is 0 Å². The molecule has 1 unspecified atom stereocenters. The SMILES string of the molecule is CCOC(=O)N1CCN(c2n[nH]c(C)c2Br)C(C)(C)C1[Si](C)(C)C. The standard InChI is InChI=1S/C16H29BrN4O2Si/c1-8-23-15(22)20-9-10-21(13-12(17)11(2)18-19-13)16(3,4)14(20)24(5,6)7/h14H,8-10H2,1-7H3,(H,18,19). The molecular weight excluding hydrogens is 388 g/mol. The Morgan fingerprint density at radius 2 is 2.04 bits per heavy atom. The number of amides is 1. The minimum atomic E-state index is -1.70. The molecule has 1 aliphatic rings. The van der Waals surface area contributed by atoms with Crippen molar-refractivity contribution in [3.63, 3.8) is 0 Å². The number of nitrogens with zero attached hydrogens (tertiary/aromatic N) is 3. The average Bonchev–Trinajstić information content (AvgIpc) is 2.76. The molecule has 1 saturated heterocycles. The Balaban J connectivity index is 2.45. The van der Waals surface area contributed by atoms with Gasteiger partial charge in [0.25, 0.3) is 0 Å². The number of piperazine rings is 1. The fraction of sp³-hybridized carbons (Fsp3) is 0.750. The summed E-state index contributed by atoms with van der Waals surface area (Å²) in [4.78, 5) is 16.8. The van der Waals surface area contributed by atoms with E-state index in [1.165, 1.54) is 0 Å². The molecule has 0 bridgehead atoms. The summed E-state index contributed by atoms with van der Waals surface area (Å²) in [5, 5.41) is 7.54. The van der Waals surface area contributed by atoms with Crippen LogP contribution in [0.5, 0.6) is 0 Å². The highest BCUT2D eigenvalue weighted by molar-refractivity contribution is 9.10. The van der Waals surface area contributed by atoms with Crippen molar-refractivity contribution in [2.75, 3.05) is 24.6 Å². The summed E-state index contributed by atoms with van der Waals surface area (Å²) in [5.41, 5.74) is 0.902. The molecule has 8 heteroatoms. The van der Waals surface area contributed by atoms with Crippen LogP contribution in [0, 0.1) is 6.92 Å². The van der Waals surface area contributed by atoms with E-state index in [9.17, 15) is 4.79 Å². The van der Waals surface area contributed by atoms with E-state index in [0.717, 1.165) is 22.5 Å². The van der Waals surface area contributed by atoms with Gasteiger partial charge in [-0.15, -0.1) is 0 Å². The Labute approximate surface area is 154 Å². The van der Waals surface area contributed by atoms with Crippen molar-refractivity contribution in [2.24, 2.45) is 0 Å². The zero-order valence-electron chi connectivity index (χ0n) is 15.7. The number of hydrogen-bond acceptors (Lipinski definition) is 4. The fourth-order valence-corrected chi connectivity index (χ4v) is 7.88. The van der Waals surface area contributed by atoms with Crippen molar-refractivity contribution < 1.29 is 9.53 Å². The highest BCUT2D eigenvalue weighted by Crippen LogP contribution is 2.39. The molecule has 2 heterocycles. The maximum absolute atomic E-state index is 12.5. The van der Waals surface area contributed by atoms with Crippen LogP contribution < -0.4 is 4.90 Å². The molecule has 1 fully saturated rings. The first-order valence-corrected chi connectivity index (χ1v) is 12.8. The van der Waals surface area contributed by atoms with E-state index >= 15 is 0 Å². The molecule has 136 valence electrons. The normalized spacial score (nSPS) is 21.1. The van der Waals surface area contributed by atoms with Crippen molar-refractivity contribution in [2.45, 2.75) is 58.5 Å². The Bertz CT molecular complexity index is 612. The summed E-state index contributed by atoms with van der Waals surface area (Å²) in [5.74, 6) is 0.921. The second kappa shape index (κ2) is 6.71. The summed E-state index contributed by atoms with van der Waals surface area (Å²) < 4.78 is 6.32. The van der Waals surface area contributed by atoms with Gasteiger partial charge in [-0.1, -0.05) is 19.6 Å². The topological polar surface area (TPSA) is 61.5 Å². The number of nitrogens with one attached hydrogen (secondary N) is 1. The number of aryl methyl sites for hydroxylation is 1. The van der Waals surface area contributed by atoms with E-state index in [-0.39, 0.29) is 17.3 Å². The van der Waals surface area contributed by atoms with Crippen molar-refractivity contribution >= 4 is 35.9 Å². The van der Waals surface area contributed by atoms with Gasteiger partial charge in [0.05, 0.1) is 24.7 Å². The minimum absolute atomic E-state index is 0.127. The van der Waals surface area contributed by atoms with Gasteiger partial charge in [-0.3, -0.25) is 5.10 Å². The predicted octanol–water partition coefficient (Wildman–Crippen LogP) is 3.78. The number of rotatable bonds is 3. The van der Waals surface area contributed by atoms with Crippen LogP contribution in [-0.4, -0.2) is 60.2 Å². The Kier molecular flexibility index (Phi) is 5.39. The van der Waals surface area contributed by atoms with Crippen LogP contribution in [0.4, 0.5) is 10.6 Å². The first kappa shape index (κ1) is 19.3. The number of carbonyl (C=O) groups excluding carboxylic acids is 1. The van der Waals surface area contributed by atoms with Crippen molar-refractivity contribution in [3.05, 3.63) is 10.2 Å². The monoisotopic (exact) mass is 416 g/mol. The zero-order valence-corrected chi connectivity index (χ0v) is 18.3. The van der Waals surface area contributed by atoms with E-state index in [4.69, 9.17) is 4.74 Å². The van der Waals surface area contributed by atoms with Gasteiger partial charge in [-0.2, -0.15) is 5.10 Å². The lowest BCUT2D eigenvalue weighted by Crippen LogP contribution is -2.73. The molecule has 6 nitrogen and oxygen atoms in total. The number of carbonyl (C=O) groups is 1. The summed E-state index contributed by atoms with van der Waals surface area (Å²) in [7, 11) is -1.70. The number of anilines is 1. The van der Waals surface area contributed by atoms with E-state index in [2.05, 4.69) is 64.5 Å². The van der Waals surface area contributed by atoms with Gasteiger partial charge >= 0.3 is 6.09 Å². The molecule has 0 radical (unpaired) electrons. The highest BCUT2D eigenvalue weighted by Gasteiger charge is 2.52. The lowest BCUT2D eigenvalue weighted by atomic mass is 9.98. The molecule has 1 N–H and O–H groups in total. The van der Waals surface area contributed by atoms with E-state index in [1.807, 2.05) is 18.7 Å². The van der Waals surface area contributed by atoms with Gasteiger partial charge in [-0.05, 0) is 43.6 Å². The van der Waals surface area contributed by atoms with E-state index < -0.39 is 8.07 Å². The number of ether oxygens (including phenoxy) is 1. The number of hydrogen-bond donors (Lipinski definition) is 1. The zero-order chi connectivity index (χ0) is 18.3. The molecule has 1 atom stereocenters. The molecule has 24 heavy (non-hydrogen) atoms. The van der Waals surface area contributed by atoms with Gasteiger partial charge in [-0.25, -0.2) is 4.79 Å². The fourth-order valence-electron chi connectivity index (χ4n) is 4.04. The first-order chi connectivity index (χ1) is 11.0.